The molecule has 0 spiro atoms. The Balaban J connectivity index is 1.91. The van der Waals surface area contributed by atoms with Crippen LogP contribution in [0, 0.1) is 11.3 Å². The molecule has 38 valence electrons. The van der Waals surface area contributed by atoms with E-state index in [0.717, 1.165) is 18.1 Å². The predicted octanol–water partition coefficient (Wildman–Crippen LogP) is 1.41. The second kappa shape index (κ2) is 2.23. The molecule has 0 aliphatic carbocycles. The fraction of sp³-hybridized carbons (Fsp3) is 0.800. The van der Waals surface area contributed by atoms with Crippen molar-refractivity contribution in [2.45, 2.75) is 18.1 Å². The zero-order chi connectivity index (χ0) is 5.11. The second-order valence-corrected chi connectivity index (χ2v) is 2.99. The summed E-state index contributed by atoms with van der Waals surface area (Å²) < 4.78 is 0. The van der Waals surface area contributed by atoms with Gasteiger partial charge in [0.05, 0.1) is 6.07 Å². The maximum Gasteiger partial charge on any atom is 0.0622 e. The van der Waals surface area contributed by atoms with Crippen LogP contribution >= 0.6 is 11.8 Å². The van der Waals surface area contributed by atoms with Gasteiger partial charge in [-0.3, -0.25) is 0 Å². The van der Waals surface area contributed by atoms with Gasteiger partial charge in [0, 0.05) is 17.4 Å². The van der Waals surface area contributed by atoms with Crippen LogP contribution in [0.3, 0.4) is 0 Å². The van der Waals surface area contributed by atoms with E-state index in [1.165, 1.54) is 5.75 Å². The topological polar surface area (TPSA) is 23.8 Å². The average Bonchev–Trinajstić information content (AvgIpc) is 2.42. The van der Waals surface area contributed by atoms with E-state index in [4.69, 9.17) is 5.26 Å². The van der Waals surface area contributed by atoms with E-state index in [-0.39, 0.29) is 0 Å². The van der Waals surface area contributed by atoms with E-state index in [0.29, 0.717) is 0 Å². The summed E-state index contributed by atoms with van der Waals surface area (Å²) >= 11 is 1.96. The van der Waals surface area contributed by atoms with Crippen molar-refractivity contribution >= 4 is 11.8 Å². The summed E-state index contributed by atoms with van der Waals surface area (Å²) in [6.07, 6.45) is 1.86. The van der Waals surface area contributed by atoms with Crippen LogP contribution in [0.5, 0.6) is 0 Å². The minimum absolute atomic E-state index is 0.748. The normalized spacial score (nSPS) is 26.4. The highest BCUT2D eigenvalue weighted by atomic mass is 32.2. The summed E-state index contributed by atoms with van der Waals surface area (Å²) in [5, 5.41) is 8.93. The molecule has 0 amide bonds. The summed E-state index contributed by atoms with van der Waals surface area (Å²) in [7, 11) is 0. The quantitative estimate of drug-likeness (QED) is 0.505. The fourth-order valence-corrected chi connectivity index (χ4v) is 1.05. The summed E-state index contributed by atoms with van der Waals surface area (Å²) in [6, 6.07) is 2.13. The molecule has 0 radical (unpaired) electrons. The van der Waals surface area contributed by atoms with Crippen LogP contribution in [0.15, 0.2) is 0 Å². The van der Waals surface area contributed by atoms with Crippen molar-refractivity contribution in [3.8, 4) is 6.07 Å². The summed E-state index contributed by atoms with van der Waals surface area (Å²) in [5.41, 5.74) is 0. The maximum absolute atomic E-state index is 8.08. The minimum Gasteiger partial charge on any atom is -0.198 e. The van der Waals surface area contributed by atoms with Crippen LogP contribution in [-0.4, -0.2) is 11.0 Å². The molecule has 1 rings (SSSR count). The molecule has 0 unspecified atom stereocenters. The molecule has 1 nitrogen and oxygen atoms in total. The van der Waals surface area contributed by atoms with Crippen LogP contribution in [0.1, 0.15) is 12.8 Å². The van der Waals surface area contributed by atoms with Gasteiger partial charge in [0.15, 0.2) is 0 Å². The van der Waals surface area contributed by atoms with Gasteiger partial charge < -0.3 is 0 Å². The van der Waals surface area contributed by atoms with Gasteiger partial charge in [0.2, 0.25) is 0 Å². The predicted molar refractivity (Wildman–Crippen MR) is 31.1 cm³/mol. The molecule has 0 saturated carbocycles. The lowest BCUT2D eigenvalue weighted by molar-refractivity contribution is 0.895. The molecule has 0 bridgehead atoms. The third-order valence-electron chi connectivity index (χ3n) is 0.980. The Morgan fingerprint density at radius 2 is 2.57 bits per heavy atom. The van der Waals surface area contributed by atoms with Crippen LogP contribution in [0.4, 0.5) is 0 Å². The summed E-state index contributed by atoms with van der Waals surface area (Å²) in [6.45, 7) is 0. The van der Waals surface area contributed by atoms with Crippen molar-refractivity contribution in [2.24, 2.45) is 0 Å². The average molecular weight is 113 g/mol. The Bertz CT molecular complexity index is 90.7. The van der Waals surface area contributed by atoms with E-state index in [1.54, 1.807) is 0 Å². The highest BCUT2D eigenvalue weighted by Crippen LogP contribution is 2.33. The van der Waals surface area contributed by atoms with Crippen LogP contribution in [0.2, 0.25) is 0 Å². The molecule has 2 heteroatoms. The molecule has 1 atom stereocenters. The highest BCUT2D eigenvalue weighted by Gasteiger charge is 2.20. The maximum atomic E-state index is 8.08. The SMILES string of the molecule is N#CCC[C@H]1CS1. The third kappa shape index (κ3) is 1.84. The first-order valence-corrected chi connectivity index (χ1v) is 3.47. The van der Waals surface area contributed by atoms with Gasteiger partial charge in [-0.05, 0) is 6.42 Å². The number of thioether (sulfide) groups is 1. The summed E-state index contributed by atoms with van der Waals surface area (Å²) in [4.78, 5) is 0. The van der Waals surface area contributed by atoms with E-state index in [9.17, 15) is 0 Å². The Kier molecular flexibility index (Phi) is 1.59. The standard InChI is InChI=1S/C5H7NS/c6-3-1-2-5-4-7-5/h5H,1-2,4H2/t5-/m0/s1. The van der Waals surface area contributed by atoms with E-state index < -0.39 is 0 Å². The Hall–Kier alpha value is -0.160. The molecule has 1 fully saturated rings. The zero-order valence-corrected chi connectivity index (χ0v) is 4.87. The number of nitriles is 1. The largest absolute Gasteiger partial charge is 0.198 e. The van der Waals surface area contributed by atoms with Gasteiger partial charge in [-0.15, -0.1) is 0 Å². The lowest BCUT2D eigenvalue weighted by atomic mass is 10.3. The monoisotopic (exact) mass is 113 g/mol. The van der Waals surface area contributed by atoms with E-state index in [2.05, 4.69) is 6.07 Å². The summed E-state index contributed by atoms with van der Waals surface area (Å²) in [5.74, 6) is 1.29. The second-order valence-electron chi connectivity index (χ2n) is 1.65. The molecule has 1 heterocycles. The van der Waals surface area contributed by atoms with E-state index >= 15 is 0 Å². The van der Waals surface area contributed by atoms with Crippen molar-refractivity contribution in [1.82, 2.24) is 0 Å². The molecule has 1 aliphatic rings. The van der Waals surface area contributed by atoms with Crippen LogP contribution in [-0.2, 0) is 0 Å². The number of rotatable bonds is 2. The lowest BCUT2D eigenvalue weighted by Crippen LogP contribution is -1.78. The number of hydrogen-bond donors (Lipinski definition) is 0. The van der Waals surface area contributed by atoms with Gasteiger partial charge in [-0.25, -0.2) is 0 Å². The third-order valence-corrected chi connectivity index (χ3v) is 2.02. The Labute approximate surface area is 47.7 Å². The number of hydrogen-bond acceptors (Lipinski definition) is 2. The Morgan fingerprint density at radius 3 is 3.00 bits per heavy atom. The smallest absolute Gasteiger partial charge is 0.0622 e. The molecule has 0 aromatic rings. The van der Waals surface area contributed by atoms with Gasteiger partial charge in [0.1, 0.15) is 0 Å². The fourth-order valence-electron chi connectivity index (χ4n) is 0.460. The molecule has 1 aliphatic heterocycles. The molecular formula is C5H7NS. The van der Waals surface area contributed by atoms with Crippen molar-refractivity contribution in [3.05, 3.63) is 0 Å². The molecule has 0 aromatic carbocycles. The van der Waals surface area contributed by atoms with Crippen molar-refractivity contribution in [2.75, 3.05) is 5.75 Å². The van der Waals surface area contributed by atoms with Crippen molar-refractivity contribution < 1.29 is 0 Å². The van der Waals surface area contributed by atoms with E-state index in [1.807, 2.05) is 11.8 Å². The molecule has 0 aromatic heterocycles. The van der Waals surface area contributed by atoms with Crippen molar-refractivity contribution in [3.63, 3.8) is 0 Å². The highest BCUT2D eigenvalue weighted by molar-refractivity contribution is 8.06. The zero-order valence-electron chi connectivity index (χ0n) is 4.05. The minimum atomic E-state index is 0.748. The van der Waals surface area contributed by atoms with Crippen LogP contribution < -0.4 is 0 Å². The first-order valence-electron chi connectivity index (χ1n) is 2.42. The van der Waals surface area contributed by atoms with Gasteiger partial charge in [0.25, 0.3) is 0 Å². The first kappa shape index (κ1) is 4.99. The molecular weight excluding hydrogens is 106 g/mol. The molecule has 1 saturated heterocycles. The van der Waals surface area contributed by atoms with Gasteiger partial charge in [-0.2, -0.15) is 17.0 Å². The first-order chi connectivity index (χ1) is 3.43. The number of nitrogens with zero attached hydrogens (tertiary/aromatic N) is 1. The van der Waals surface area contributed by atoms with Gasteiger partial charge >= 0.3 is 0 Å². The van der Waals surface area contributed by atoms with Crippen molar-refractivity contribution in [1.29, 1.82) is 5.26 Å². The van der Waals surface area contributed by atoms with Crippen LogP contribution in [0.25, 0.3) is 0 Å². The lowest BCUT2D eigenvalue weighted by Gasteiger charge is -1.79. The van der Waals surface area contributed by atoms with Gasteiger partial charge in [-0.1, -0.05) is 0 Å². The molecule has 7 heavy (non-hydrogen) atoms. The Morgan fingerprint density at radius 1 is 1.86 bits per heavy atom. The molecule has 0 N–H and O–H groups in total.